The van der Waals surface area contributed by atoms with Crippen molar-refractivity contribution in [2.45, 2.75) is 19.5 Å². The van der Waals surface area contributed by atoms with Gasteiger partial charge in [0.1, 0.15) is 0 Å². The number of nitrogens with zero attached hydrogens (tertiary/aromatic N) is 4. The molecule has 1 aromatic carbocycles. The molecule has 0 amide bonds. The molecular formula is C16H20N4. The van der Waals surface area contributed by atoms with E-state index in [2.05, 4.69) is 57.0 Å². The van der Waals surface area contributed by atoms with Gasteiger partial charge in [-0.3, -0.25) is 4.90 Å². The van der Waals surface area contributed by atoms with E-state index in [0.717, 1.165) is 32.1 Å². The van der Waals surface area contributed by atoms with Crippen LogP contribution in [0.4, 0.5) is 5.95 Å². The second-order valence-electron chi connectivity index (χ2n) is 5.30. The molecule has 1 atom stereocenters. The van der Waals surface area contributed by atoms with Crippen molar-refractivity contribution in [1.82, 2.24) is 14.9 Å². The molecule has 2 aromatic rings. The molecule has 1 saturated heterocycles. The maximum atomic E-state index is 4.34. The van der Waals surface area contributed by atoms with Crippen molar-refractivity contribution < 1.29 is 0 Å². The highest BCUT2D eigenvalue weighted by Crippen LogP contribution is 2.16. The standard InChI is InChI=1S/C16H20N4/c1-14-12-20(16-17-8-5-9-18-16)11-10-19(14)13-15-6-3-2-4-7-15/h2-9,14H,10-13H2,1H3. The van der Waals surface area contributed by atoms with Crippen LogP contribution < -0.4 is 4.90 Å². The van der Waals surface area contributed by atoms with Crippen molar-refractivity contribution in [2.75, 3.05) is 24.5 Å². The third kappa shape index (κ3) is 2.96. The van der Waals surface area contributed by atoms with Gasteiger partial charge in [-0.05, 0) is 18.6 Å². The average Bonchev–Trinajstić information content (AvgIpc) is 2.51. The minimum absolute atomic E-state index is 0.507. The van der Waals surface area contributed by atoms with Crippen LogP contribution in [0.3, 0.4) is 0 Å². The summed E-state index contributed by atoms with van der Waals surface area (Å²) in [5, 5.41) is 0. The molecule has 0 N–H and O–H groups in total. The molecule has 1 unspecified atom stereocenters. The largest absolute Gasteiger partial charge is 0.338 e. The number of piperazine rings is 1. The van der Waals surface area contributed by atoms with E-state index in [-0.39, 0.29) is 0 Å². The van der Waals surface area contributed by atoms with Gasteiger partial charge >= 0.3 is 0 Å². The predicted octanol–water partition coefficient (Wildman–Crippen LogP) is 2.19. The lowest BCUT2D eigenvalue weighted by molar-refractivity contribution is 0.180. The van der Waals surface area contributed by atoms with Crippen LogP contribution in [0.1, 0.15) is 12.5 Å². The molecule has 4 nitrogen and oxygen atoms in total. The van der Waals surface area contributed by atoms with E-state index in [1.54, 1.807) is 0 Å². The summed E-state index contributed by atoms with van der Waals surface area (Å²) < 4.78 is 0. The Morgan fingerprint density at radius 1 is 1.05 bits per heavy atom. The van der Waals surface area contributed by atoms with Gasteiger partial charge in [-0.2, -0.15) is 0 Å². The van der Waals surface area contributed by atoms with Crippen LogP contribution >= 0.6 is 0 Å². The molecule has 20 heavy (non-hydrogen) atoms. The van der Waals surface area contributed by atoms with Gasteiger partial charge in [0.25, 0.3) is 0 Å². The highest BCUT2D eigenvalue weighted by Gasteiger charge is 2.24. The second-order valence-corrected chi connectivity index (χ2v) is 5.30. The first-order chi connectivity index (χ1) is 9.83. The van der Waals surface area contributed by atoms with Crippen LogP contribution in [-0.2, 0) is 6.54 Å². The van der Waals surface area contributed by atoms with E-state index >= 15 is 0 Å². The third-order valence-electron chi connectivity index (χ3n) is 3.83. The molecule has 3 rings (SSSR count). The molecular weight excluding hydrogens is 248 g/mol. The van der Waals surface area contributed by atoms with E-state index in [4.69, 9.17) is 0 Å². The smallest absolute Gasteiger partial charge is 0.225 e. The molecule has 0 bridgehead atoms. The van der Waals surface area contributed by atoms with Gasteiger partial charge in [-0.15, -0.1) is 0 Å². The zero-order valence-electron chi connectivity index (χ0n) is 11.8. The van der Waals surface area contributed by atoms with E-state index in [1.807, 2.05) is 18.5 Å². The number of hydrogen-bond donors (Lipinski definition) is 0. The fraction of sp³-hybridized carbons (Fsp3) is 0.375. The van der Waals surface area contributed by atoms with Crippen molar-refractivity contribution in [3.05, 3.63) is 54.4 Å². The normalized spacial score (nSPS) is 20.1. The lowest BCUT2D eigenvalue weighted by atomic mass is 10.1. The Morgan fingerprint density at radius 2 is 1.80 bits per heavy atom. The lowest BCUT2D eigenvalue weighted by Gasteiger charge is -2.39. The van der Waals surface area contributed by atoms with E-state index in [1.165, 1.54) is 5.56 Å². The molecule has 1 fully saturated rings. The SMILES string of the molecule is CC1CN(c2ncccn2)CCN1Cc1ccccc1. The van der Waals surface area contributed by atoms with Crippen LogP contribution in [-0.4, -0.2) is 40.5 Å². The quantitative estimate of drug-likeness (QED) is 0.854. The second kappa shape index (κ2) is 6.01. The number of rotatable bonds is 3. The zero-order valence-corrected chi connectivity index (χ0v) is 11.8. The Bertz CT molecular complexity index is 529. The van der Waals surface area contributed by atoms with Crippen molar-refractivity contribution >= 4 is 5.95 Å². The first kappa shape index (κ1) is 13.1. The number of anilines is 1. The highest BCUT2D eigenvalue weighted by molar-refractivity contribution is 5.30. The molecule has 1 aliphatic heterocycles. The van der Waals surface area contributed by atoms with Gasteiger partial charge in [0.05, 0.1) is 0 Å². The van der Waals surface area contributed by atoms with Gasteiger partial charge < -0.3 is 4.90 Å². The summed E-state index contributed by atoms with van der Waals surface area (Å²) in [6, 6.07) is 13.0. The number of benzene rings is 1. The fourth-order valence-corrected chi connectivity index (χ4v) is 2.68. The van der Waals surface area contributed by atoms with E-state index in [9.17, 15) is 0 Å². The summed E-state index contributed by atoms with van der Waals surface area (Å²) in [5.41, 5.74) is 1.38. The minimum atomic E-state index is 0.507. The van der Waals surface area contributed by atoms with Crippen molar-refractivity contribution in [3.63, 3.8) is 0 Å². The summed E-state index contributed by atoms with van der Waals surface area (Å²) in [5.74, 6) is 0.846. The summed E-state index contributed by atoms with van der Waals surface area (Å²) in [6.07, 6.45) is 3.62. The predicted molar refractivity (Wildman–Crippen MR) is 80.6 cm³/mol. The number of aromatic nitrogens is 2. The topological polar surface area (TPSA) is 32.3 Å². The van der Waals surface area contributed by atoms with Gasteiger partial charge in [0.15, 0.2) is 0 Å². The van der Waals surface area contributed by atoms with Crippen LogP contribution in [0.5, 0.6) is 0 Å². The first-order valence-electron chi connectivity index (χ1n) is 7.13. The molecule has 104 valence electrons. The van der Waals surface area contributed by atoms with Crippen molar-refractivity contribution in [1.29, 1.82) is 0 Å². The lowest BCUT2D eigenvalue weighted by Crippen LogP contribution is -2.51. The molecule has 4 heteroatoms. The molecule has 1 aliphatic rings. The fourth-order valence-electron chi connectivity index (χ4n) is 2.68. The van der Waals surface area contributed by atoms with E-state index < -0.39 is 0 Å². The summed E-state index contributed by atoms with van der Waals surface area (Å²) >= 11 is 0. The van der Waals surface area contributed by atoms with Gasteiger partial charge in [0, 0.05) is 44.6 Å². The van der Waals surface area contributed by atoms with Crippen molar-refractivity contribution in [3.8, 4) is 0 Å². The minimum Gasteiger partial charge on any atom is -0.338 e. The summed E-state index contributed by atoms with van der Waals surface area (Å²) in [6.45, 7) is 6.32. The molecule has 0 saturated carbocycles. The first-order valence-corrected chi connectivity index (χ1v) is 7.13. The van der Waals surface area contributed by atoms with Crippen LogP contribution in [0.15, 0.2) is 48.8 Å². The Hall–Kier alpha value is -1.94. The molecule has 0 radical (unpaired) electrons. The Kier molecular flexibility index (Phi) is 3.92. The maximum Gasteiger partial charge on any atom is 0.225 e. The van der Waals surface area contributed by atoms with E-state index in [0.29, 0.717) is 6.04 Å². The van der Waals surface area contributed by atoms with Gasteiger partial charge in [-0.25, -0.2) is 9.97 Å². The van der Waals surface area contributed by atoms with Gasteiger partial charge in [-0.1, -0.05) is 30.3 Å². The number of hydrogen-bond acceptors (Lipinski definition) is 4. The zero-order chi connectivity index (χ0) is 13.8. The molecule has 1 aromatic heterocycles. The average molecular weight is 268 g/mol. The van der Waals surface area contributed by atoms with Gasteiger partial charge in [0.2, 0.25) is 5.95 Å². The molecule has 0 aliphatic carbocycles. The summed E-state index contributed by atoms with van der Waals surface area (Å²) in [7, 11) is 0. The van der Waals surface area contributed by atoms with Crippen LogP contribution in [0.2, 0.25) is 0 Å². The molecule has 0 spiro atoms. The summed E-state index contributed by atoms with van der Waals surface area (Å²) in [4.78, 5) is 13.5. The van der Waals surface area contributed by atoms with Crippen LogP contribution in [0.25, 0.3) is 0 Å². The third-order valence-corrected chi connectivity index (χ3v) is 3.83. The molecule has 2 heterocycles. The highest BCUT2D eigenvalue weighted by atomic mass is 15.3. The Morgan fingerprint density at radius 3 is 2.50 bits per heavy atom. The Labute approximate surface area is 120 Å². The monoisotopic (exact) mass is 268 g/mol. The maximum absolute atomic E-state index is 4.34. The van der Waals surface area contributed by atoms with Crippen LogP contribution in [0, 0.1) is 0 Å². The Balaban J connectivity index is 1.63. The van der Waals surface area contributed by atoms with Crippen molar-refractivity contribution in [2.24, 2.45) is 0 Å².